The monoisotopic (exact) mass is 631 g/mol. The van der Waals surface area contributed by atoms with Gasteiger partial charge in [-0.3, -0.25) is 33.7 Å². The molecule has 1 heterocycles. The van der Waals surface area contributed by atoms with Gasteiger partial charge >= 0.3 is 0 Å². The van der Waals surface area contributed by atoms with Crippen LogP contribution in [0.5, 0.6) is 0 Å². The van der Waals surface area contributed by atoms with E-state index >= 15 is 0 Å². The lowest BCUT2D eigenvalue weighted by Crippen LogP contribution is -2.32. The molecule has 0 aromatic heterocycles. The molecule has 1 rings (SSSR count). The number of ether oxygens (including phenoxy) is 4. The maximum atomic E-state index is 11.9. The zero-order chi connectivity index (χ0) is 31.0. The molecule has 1 aliphatic rings. The molecule has 3 N–H and O–H groups in total. The van der Waals surface area contributed by atoms with Gasteiger partial charge in [0.1, 0.15) is 19.0 Å². The van der Waals surface area contributed by atoms with Crippen molar-refractivity contribution in [3.8, 4) is 0 Å². The van der Waals surface area contributed by atoms with Gasteiger partial charge in [-0.1, -0.05) is 0 Å². The highest BCUT2D eigenvalue weighted by Gasteiger charge is 2.23. The predicted molar refractivity (Wildman–Crippen MR) is 156 cm³/mol. The van der Waals surface area contributed by atoms with E-state index in [1.807, 2.05) is 0 Å². The zero-order valence-electron chi connectivity index (χ0n) is 23.9. The number of unbranched alkanes of at least 4 members (excludes halogenated alkanes) is 1. The maximum Gasteiger partial charge on any atom is 0.253 e. The van der Waals surface area contributed by atoms with Crippen LogP contribution in [-0.4, -0.2) is 112 Å². The van der Waals surface area contributed by atoms with E-state index in [1.54, 1.807) is 0 Å². The number of carbonyl (C=O) groups is 6. The van der Waals surface area contributed by atoms with E-state index in [0.29, 0.717) is 71.5 Å². The number of ketones is 2. The molecule has 0 aromatic carbocycles. The summed E-state index contributed by atoms with van der Waals surface area (Å²) >= 11 is 4.65. The first kappa shape index (κ1) is 37.7. The molecule has 0 spiro atoms. The summed E-state index contributed by atoms with van der Waals surface area (Å²) in [7, 11) is 0.252. The summed E-state index contributed by atoms with van der Waals surface area (Å²) in [6.07, 6.45) is 6.17. The highest BCUT2D eigenvalue weighted by molar-refractivity contribution is 8.03. The molecule has 15 heteroatoms. The summed E-state index contributed by atoms with van der Waals surface area (Å²) in [5.41, 5.74) is 5.53. The Balaban J connectivity index is 1.83. The van der Waals surface area contributed by atoms with E-state index in [2.05, 4.69) is 17.1 Å². The van der Waals surface area contributed by atoms with Crippen molar-refractivity contribution in [3.63, 3.8) is 0 Å². The van der Waals surface area contributed by atoms with Crippen LogP contribution in [0, 0.1) is 0 Å². The zero-order valence-corrected chi connectivity index (χ0v) is 25.6. The van der Waals surface area contributed by atoms with E-state index in [-0.39, 0.29) is 69.7 Å². The predicted octanol–water partition coefficient (Wildman–Crippen LogP) is 0.615. The number of imide groups is 1. The van der Waals surface area contributed by atoms with Gasteiger partial charge in [-0.25, -0.2) is 0 Å². The van der Waals surface area contributed by atoms with Gasteiger partial charge in [0, 0.05) is 57.7 Å². The largest absolute Gasteiger partial charge is 0.379 e. The molecule has 42 heavy (non-hydrogen) atoms. The third-order valence-electron chi connectivity index (χ3n) is 5.91. The fourth-order valence-corrected chi connectivity index (χ4v) is 4.25. The Bertz CT molecular complexity index is 916. The number of nitrogens with two attached hydrogens (primary N) is 1. The van der Waals surface area contributed by atoms with Gasteiger partial charge < -0.3 is 30.0 Å². The van der Waals surface area contributed by atoms with Gasteiger partial charge in [0.05, 0.1) is 39.8 Å². The second-order valence-electron chi connectivity index (χ2n) is 9.41. The molecular weight excluding hydrogens is 589 g/mol. The van der Waals surface area contributed by atoms with Crippen molar-refractivity contribution in [2.45, 2.75) is 57.4 Å². The first-order valence-corrected chi connectivity index (χ1v) is 15.9. The van der Waals surface area contributed by atoms with Crippen molar-refractivity contribution in [2.75, 3.05) is 65.9 Å². The Morgan fingerprint density at radius 1 is 0.786 bits per heavy atom. The SMILES string of the molecule is NC(CCCCNC(=O)COCCOCCCC(=O)COCCOCCCC(=O)CCN1C(=O)C=CC1=O)C(=O)P=S. The Kier molecular flexibility index (Phi) is 21.7. The van der Waals surface area contributed by atoms with Crippen LogP contribution in [0.2, 0.25) is 0 Å². The second kappa shape index (κ2) is 24.2. The topological polar surface area (TPSA) is 181 Å². The minimum atomic E-state index is -0.538. The molecule has 3 amide bonds. The molecule has 1 unspecified atom stereocenters. The number of hydrogen-bond acceptors (Lipinski definition) is 12. The molecule has 0 bridgehead atoms. The normalized spacial score (nSPS) is 13.6. The van der Waals surface area contributed by atoms with Gasteiger partial charge in [0.15, 0.2) is 5.78 Å². The average molecular weight is 632 g/mol. The summed E-state index contributed by atoms with van der Waals surface area (Å²) in [5, 5.41) is 2.73. The van der Waals surface area contributed by atoms with Crippen molar-refractivity contribution in [3.05, 3.63) is 12.2 Å². The van der Waals surface area contributed by atoms with Crippen molar-refractivity contribution in [2.24, 2.45) is 5.73 Å². The van der Waals surface area contributed by atoms with Gasteiger partial charge in [0.25, 0.3) is 11.8 Å². The smallest absolute Gasteiger partial charge is 0.253 e. The van der Waals surface area contributed by atoms with Crippen molar-refractivity contribution in [1.29, 1.82) is 0 Å². The van der Waals surface area contributed by atoms with Crippen LogP contribution >= 0.6 is 7.36 Å². The van der Waals surface area contributed by atoms with Crippen LogP contribution in [0.3, 0.4) is 0 Å². The number of nitrogens with one attached hydrogen (secondary N) is 1. The van der Waals surface area contributed by atoms with Crippen LogP contribution < -0.4 is 11.1 Å². The minimum Gasteiger partial charge on any atom is -0.379 e. The lowest BCUT2D eigenvalue weighted by Gasteiger charge is -2.12. The summed E-state index contributed by atoms with van der Waals surface area (Å²) in [4.78, 5) is 70.7. The molecule has 0 fully saturated rings. The van der Waals surface area contributed by atoms with Gasteiger partial charge in [-0.05, 0) is 43.9 Å². The molecule has 236 valence electrons. The molecule has 0 saturated heterocycles. The molecule has 0 radical (unpaired) electrons. The maximum absolute atomic E-state index is 11.9. The highest BCUT2D eigenvalue weighted by atomic mass is 32.4. The number of rotatable bonds is 28. The number of hydrogen-bond donors (Lipinski definition) is 2. The number of Topliss-reactive ketones (excluding diaryl/α,β-unsaturated/α-hetero) is 2. The van der Waals surface area contributed by atoms with Crippen LogP contribution in [0.4, 0.5) is 0 Å². The standard InChI is InChI=1S/C27H42N3O10PS/c28-23(27(36)41-42)7-1-2-11-29-24(33)20-40-18-16-38-14-4-6-22(32)19-39-17-15-37-13-3-5-21(31)10-12-30-25(34)8-9-26(30)35/h8-9,23H,1-7,10-20,28H2,(H,29,33). The van der Waals surface area contributed by atoms with Crippen LogP contribution in [-0.2, 0) is 59.5 Å². The third kappa shape index (κ3) is 19.0. The molecule has 0 aromatic rings. The van der Waals surface area contributed by atoms with E-state index in [4.69, 9.17) is 24.7 Å². The van der Waals surface area contributed by atoms with E-state index < -0.39 is 17.9 Å². The summed E-state index contributed by atoms with van der Waals surface area (Å²) in [5.74, 6) is -1.11. The highest BCUT2D eigenvalue weighted by Crippen LogP contribution is 2.07. The lowest BCUT2D eigenvalue weighted by molar-refractivity contribution is -0.137. The lowest BCUT2D eigenvalue weighted by atomic mass is 10.1. The summed E-state index contributed by atoms with van der Waals surface area (Å²) in [6, 6.07) is -0.538. The van der Waals surface area contributed by atoms with Crippen molar-refractivity contribution in [1.82, 2.24) is 10.2 Å². The average Bonchev–Trinajstić information content (AvgIpc) is 3.30. The quantitative estimate of drug-likeness (QED) is 0.0699. The molecule has 13 nitrogen and oxygen atoms in total. The fraction of sp³-hybridized carbons (Fsp3) is 0.704. The van der Waals surface area contributed by atoms with Gasteiger partial charge in [0.2, 0.25) is 11.4 Å². The number of nitrogens with zero attached hydrogens (tertiary/aromatic N) is 1. The fourth-order valence-electron chi connectivity index (χ4n) is 3.58. The van der Waals surface area contributed by atoms with Gasteiger partial charge in [-0.15, -0.1) is 0 Å². The first-order chi connectivity index (χ1) is 20.2. The van der Waals surface area contributed by atoms with Crippen LogP contribution in [0.25, 0.3) is 0 Å². The Morgan fingerprint density at radius 2 is 1.36 bits per heavy atom. The van der Waals surface area contributed by atoms with E-state index in [0.717, 1.165) is 11.3 Å². The first-order valence-electron chi connectivity index (χ1n) is 14.0. The van der Waals surface area contributed by atoms with Crippen LogP contribution in [0.1, 0.15) is 51.4 Å². The van der Waals surface area contributed by atoms with Crippen LogP contribution in [0.15, 0.2) is 12.2 Å². The Labute approximate surface area is 253 Å². The summed E-state index contributed by atoms with van der Waals surface area (Å²) in [6.45, 7) is 2.38. The summed E-state index contributed by atoms with van der Waals surface area (Å²) < 4.78 is 21.4. The van der Waals surface area contributed by atoms with Crippen molar-refractivity contribution >= 4 is 54.0 Å². The van der Waals surface area contributed by atoms with E-state index in [9.17, 15) is 28.8 Å². The molecular formula is C27H42N3O10PS. The van der Waals surface area contributed by atoms with E-state index in [1.165, 1.54) is 12.2 Å². The Morgan fingerprint density at radius 3 is 1.98 bits per heavy atom. The number of carbonyl (C=O) groups excluding carboxylic acids is 6. The molecule has 1 aliphatic heterocycles. The minimum absolute atomic E-state index is 0.0119. The molecule has 0 saturated carbocycles. The number of amides is 3. The van der Waals surface area contributed by atoms with Crippen molar-refractivity contribution < 1.29 is 47.7 Å². The Hall–Kier alpha value is -2.32. The second-order valence-corrected chi connectivity index (χ2v) is 10.6. The molecule has 0 aliphatic carbocycles. The van der Waals surface area contributed by atoms with Gasteiger partial charge in [-0.2, -0.15) is 0 Å². The molecule has 1 atom stereocenters. The third-order valence-corrected chi connectivity index (χ3v) is 6.97.